The number of halogens is 2. The highest BCUT2D eigenvalue weighted by molar-refractivity contribution is 5.98. The number of aryl methyl sites for hydroxylation is 3. The summed E-state index contributed by atoms with van der Waals surface area (Å²) in [4.78, 5) is 20.9. The molecule has 2 aromatic carbocycles. The fourth-order valence-electron chi connectivity index (χ4n) is 5.31. The van der Waals surface area contributed by atoms with Gasteiger partial charge in [0.2, 0.25) is 5.91 Å². The average Bonchev–Trinajstić information content (AvgIpc) is 3.15. The van der Waals surface area contributed by atoms with E-state index in [2.05, 4.69) is 42.4 Å². The van der Waals surface area contributed by atoms with E-state index in [0.29, 0.717) is 29.8 Å². The first kappa shape index (κ1) is 26.8. The number of nitrogens with two attached hydrogens (primary N) is 2. The van der Waals surface area contributed by atoms with Crippen molar-refractivity contribution in [3.8, 4) is 0 Å². The number of nitrogens with one attached hydrogen (secondary N) is 1. The molecule has 0 aromatic heterocycles. The van der Waals surface area contributed by atoms with Crippen molar-refractivity contribution in [3.63, 3.8) is 0 Å². The third kappa shape index (κ3) is 6.53. The van der Waals surface area contributed by atoms with Crippen LogP contribution >= 0.6 is 0 Å². The van der Waals surface area contributed by atoms with Crippen LogP contribution in [0.25, 0.3) is 0 Å². The molecule has 1 aliphatic heterocycles. The molecule has 1 aliphatic carbocycles. The lowest BCUT2D eigenvalue weighted by Crippen LogP contribution is -2.43. The van der Waals surface area contributed by atoms with Crippen molar-refractivity contribution < 1.29 is 13.6 Å². The smallest absolute Gasteiger partial charge is 0.273 e. The van der Waals surface area contributed by atoms with Crippen molar-refractivity contribution in [3.05, 3.63) is 69.8 Å². The number of rotatable bonds is 10. The molecule has 2 aliphatic rings. The molecule has 2 atom stereocenters. The van der Waals surface area contributed by atoms with Crippen molar-refractivity contribution in [2.24, 2.45) is 21.5 Å². The molecular weight excluding hydrogens is 472 g/mol. The first-order valence-corrected chi connectivity index (χ1v) is 13.2. The summed E-state index contributed by atoms with van der Waals surface area (Å²) in [5.41, 5.74) is 17.1. The molecule has 37 heavy (non-hydrogen) atoms. The van der Waals surface area contributed by atoms with Gasteiger partial charge >= 0.3 is 0 Å². The Hall–Kier alpha value is -3.29. The van der Waals surface area contributed by atoms with Crippen LogP contribution in [0.5, 0.6) is 0 Å². The zero-order valence-electron chi connectivity index (χ0n) is 21.7. The van der Waals surface area contributed by atoms with E-state index in [1.807, 2.05) is 0 Å². The summed E-state index contributed by atoms with van der Waals surface area (Å²) >= 11 is 0. The minimum atomic E-state index is -2.76. The van der Waals surface area contributed by atoms with Gasteiger partial charge in [-0.3, -0.25) is 15.1 Å². The van der Waals surface area contributed by atoms with Crippen LogP contribution in [0, 0.1) is 6.92 Å². The summed E-state index contributed by atoms with van der Waals surface area (Å²) < 4.78 is 28.1. The van der Waals surface area contributed by atoms with E-state index in [-0.39, 0.29) is 35.9 Å². The van der Waals surface area contributed by atoms with Crippen LogP contribution in [-0.2, 0) is 23.6 Å². The van der Waals surface area contributed by atoms with Gasteiger partial charge in [-0.15, -0.1) is 0 Å². The molecular formula is C29H37F2N5O. The van der Waals surface area contributed by atoms with Crippen molar-refractivity contribution in [2.45, 2.75) is 89.6 Å². The Morgan fingerprint density at radius 1 is 1.24 bits per heavy atom. The van der Waals surface area contributed by atoms with Crippen LogP contribution in [0.15, 0.2) is 46.4 Å². The van der Waals surface area contributed by atoms with Gasteiger partial charge in [-0.2, -0.15) is 0 Å². The SMILES string of the molecule is CCCC(N=C(N)c1ccc2c(c1)CCC2(F)F)c1cc(CCCCC2CC(=O)NC(N)=N2)ccc1C. The maximum absolute atomic E-state index is 14.0. The van der Waals surface area contributed by atoms with Crippen LogP contribution < -0.4 is 16.8 Å². The number of nitrogens with zero attached hydrogens (tertiary/aromatic N) is 2. The first-order chi connectivity index (χ1) is 17.7. The molecule has 1 heterocycles. The number of amidine groups is 1. The fraction of sp³-hybridized carbons (Fsp3) is 0.483. The lowest BCUT2D eigenvalue weighted by Gasteiger charge is -2.19. The number of fused-ring (bicyclic) bond motifs is 1. The van der Waals surface area contributed by atoms with Gasteiger partial charge in [0, 0.05) is 24.0 Å². The van der Waals surface area contributed by atoms with Gasteiger partial charge in [-0.1, -0.05) is 50.1 Å². The normalized spacial score (nSPS) is 19.8. The van der Waals surface area contributed by atoms with Gasteiger partial charge in [0.15, 0.2) is 5.96 Å². The number of unbranched alkanes of at least 4 members (excludes halogenated alkanes) is 1. The summed E-state index contributed by atoms with van der Waals surface area (Å²) in [6, 6.07) is 11.3. The van der Waals surface area contributed by atoms with Gasteiger partial charge in [-0.25, -0.2) is 13.8 Å². The quantitative estimate of drug-likeness (QED) is 0.233. The molecule has 0 bridgehead atoms. The van der Waals surface area contributed by atoms with Crippen LogP contribution in [0.1, 0.15) is 91.3 Å². The first-order valence-electron chi connectivity index (χ1n) is 13.2. The lowest BCUT2D eigenvalue weighted by molar-refractivity contribution is -0.120. The molecule has 2 aromatic rings. The van der Waals surface area contributed by atoms with Crippen molar-refractivity contribution in [1.29, 1.82) is 0 Å². The highest BCUT2D eigenvalue weighted by Gasteiger charge is 2.39. The standard InChI is InChI=1S/C29H37F2N5O/c1-3-6-25(35-27(32)21-11-12-24-20(16-21)13-14-29(24,30)31)23-15-19(10-9-18(23)2)7-4-5-8-22-17-26(37)36-28(33)34-22/h9-12,15-16,22,25H,3-8,13-14,17H2,1-2H3,(H2,32,35)(H3,33,34,36,37). The summed E-state index contributed by atoms with van der Waals surface area (Å²) in [5.74, 6) is -2.23. The van der Waals surface area contributed by atoms with Gasteiger partial charge in [0.05, 0.1) is 12.1 Å². The fourth-order valence-corrected chi connectivity index (χ4v) is 5.31. The Morgan fingerprint density at radius 2 is 2.05 bits per heavy atom. The average molecular weight is 510 g/mol. The van der Waals surface area contributed by atoms with E-state index in [4.69, 9.17) is 16.5 Å². The molecule has 6 nitrogen and oxygen atoms in total. The molecule has 0 spiro atoms. The predicted octanol–water partition coefficient (Wildman–Crippen LogP) is 5.20. The van der Waals surface area contributed by atoms with Crippen LogP contribution in [-0.4, -0.2) is 23.7 Å². The Labute approximate surface area is 217 Å². The maximum atomic E-state index is 14.0. The molecule has 0 saturated carbocycles. The highest BCUT2D eigenvalue weighted by Crippen LogP contribution is 2.41. The summed E-state index contributed by atoms with van der Waals surface area (Å²) in [6.07, 6.45) is 6.08. The van der Waals surface area contributed by atoms with Crippen molar-refractivity contribution >= 4 is 17.7 Å². The molecule has 1 amide bonds. The van der Waals surface area contributed by atoms with Crippen LogP contribution in [0.4, 0.5) is 8.78 Å². The molecule has 4 rings (SSSR count). The number of aliphatic imine (C=N–C) groups is 2. The molecule has 5 N–H and O–H groups in total. The highest BCUT2D eigenvalue weighted by atomic mass is 19.3. The summed E-state index contributed by atoms with van der Waals surface area (Å²) in [6.45, 7) is 4.21. The molecule has 0 fully saturated rings. The minimum Gasteiger partial charge on any atom is -0.383 e. The van der Waals surface area contributed by atoms with Gasteiger partial charge in [0.1, 0.15) is 5.84 Å². The van der Waals surface area contributed by atoms with E-state index >= 15 is 0 Å². The van der Waals surface area contributed by atoms with Gasteiger partial charge < -0.3 is 11.5 Å². The number of carbonyl (C=O) groups excluding carboxylic acids is 1. The third-order valence-corrected chi connectivity index (χ3v) is 7.33. The van der Waals surface area contributed by atoms with Crippen molar-refractivity contribution in [1.82, 2.24) is 5.32 Å². The number of amides is 1. The zero-order valence-corrected chi connectivity index (χ0v) is 21.7. The van der Waals surface area contributed by atoms with Crippen LogP contribution in [0.2, 0.25) is 0 Å². The second-order valence-corrected chi connectivity index (χ2v) is 10.3. The van der Waals surface area contributed by atoms with E-state index in [1.54, 1.807) is 12.1 Å². The number of benzene rings is 2. The van der Waals surface area contributed by atoms with Crippen LogP contribution in [0.3, 0.4) is 0 Å². The number of hydrogen-bond donors (Lipinski definition) is 3. The summed E-state index contributed by atoms with van der Waals surface area (Å²) in [7, 11) is 0. The largest absolute Gasteiger partial charge is 0.383 e. The number of hydrogen-bond acceptors (Lipinski definition) is 4. The monoisotopic (exact) mass is 509 g/mol. The molecule has 8 heteroatoms. The molecule has 0 radical (unpaired) electrons. The Bertz CT molecular complexity index is 1210. The Kier molecular flexibility index (Phi) is 8.25. The second-order valence-electron chi connectivity index (χ2n) is 10.3. The molecule has 2 unspecified atom stereocenters. The Balaban J connectivity index is 1.44. The van der Waals surface area contributed by atoms with Crippen molar-refractivity contribution in [2.75, 3.05) is 0 Å². The number of carbonyl (C=O) groups is 1. The van der Waals surface area contributed by atoms with Gasteiger partial charge in [-0.05, 0) is 67.3 Å². The predicted molar refractivity (Wildman–Crippen MR) is 144 cm³/mol. The second kappa shape index (κ2) is 11.4. The number of alkyl halides is 2. The van der Waals surface area contributed by atoms with E-state index in [1.165, 1.54) is 11.6 Å². The molecule has 0 saturated heterocycles. The van der Waals surface area contributed by atoms with Gasteiger partial charge in [0.25, 0.3) is 5.92 Å². The minimum absolute atomic E-state index is 0.0426. The summed E-state index contributed by atoms with van der Waals surface area (Å²) in [5, 5.41) is 2.53. The third-order valence-electron chi connectivity index (χ3n) is 7.33. The lowest BCUT2D eigenvalue weighted by atomic mass is 9.93. The van der Waals surface area contributed by atoms with E-state index in [0.717, 1.165) is 49.7 Å². The number of guanidine groups is 1. The maximum Gasteiger partial charge on any atom is 0.273 e. The Morgan fingerprint density at radius 3 is 2.81 bits per heavy atom. The topological polar surface area (TPSA) is 106 Å². The zero-order chi connectivity index (χ0) is 26.6. The van der Waals surface area contributed by atoms with E-state index in [9.17, 15) is 13.6 Å². The van der Waals surface area contributed by atoms with E-state index < -0.39 is 5.92 Å². The molecule has 198 valence electrons.